The summed E-state index contributed by atoms with van der Waals surface area (Å²) in [6.07, 6.45) is 3.44. The van der Waals surface area contributed by atoms with Crippen LogP contribution in [0.1, 0.15) is 55.6 Å². The fourth-order valence-electron chi connectivity index (χ4n) is 14.9. The quantitative estimate of drug-likeness (QED) is 0.0515. The predicted molar refractivity (Wildman–Crippen MR) is 389 cm³/mol. The lowest BCUT2D eigenvalue weighted by atomic mass is 9.67. The van der Waals surface area contributed by atoms with Gasteiger partial charge in [-0.2, -0.15) is 0 Å². The van der Waals surface area contributed by atoms with Gasteiger partial charge in [0.1, 0.15) is 46.0 Å². The van der Waals surface area contributed by atoms with Gasteiger partial charge in [0.25, 0.3) is 0 Å². The zero-order valence-corrected chi connectivity index (χ0v) is 54.8. The number of fused-ring (bicyclic) bond motifs is 6. The molecule has 0 aromatic heterocycles. The van der Waals surface area contributed by atoms with E-state index in [0.717, 1.165) is 54.3 Å². The summed E-state index contributed by atoms with van der Waals surface area (Å²) >= 11 is 0. The lowest BCUT2D eigenvalue weighted by molar-refractivity contribution is 0.436. The highest BCUT2D eigenvalue weighted by Gasteiger charge is 2.49. The summed E-state index contributed by atoms with van der Waals surface area (Å²) in [4.78, 5) is 2.29. The SMILES string of the molecule is C=Cc1ccc(Oc2ccc(C3(c4ccc(F)cc4)c4ccccc4-c4ccc(N(c5ccc(-c6ccc(N(c7ccc8c(c7)C(c7ccc(F)cc7)(c7ccc(Oc9ccc(C=C)cc9)cc7)c7ccccc7-8)c7c(F)cc(F)c(F)c7F)cc6)cc5)c5c(F)cc(F)c(F)c5F)cc43)cc2)cc1. The topological polar surface area (TPSA) is 24.9 Å². The van der Waals surface area contributed by atoms with Crippen LogP contribution in [0.4, 0.5) is 78.0 Å². The van der Waals surface area contributed by atoms with Crippen molar-refractivity contribution in [2.24, 2.45) is 0 Å². The molecule has 0 saturated carbocycles. The third-order valence-electron chi connectivity index (χ3n) is 19.6. The van der Waals surface area contributed by atoms with E-state index in [-0.39, 0.29) is 34.9 Å². The second kappa shape index (κ2) is 26.2. The molecule has 14 heteroatoms. The smallest absolute Gasteiger partial charge is 0.196 e. The molecular formula is C90H54F10N2O2. The first-order valence-corrected chi connectivity index (χ1v) is 33.0. The molecule has 2 aliphatic rings. The normalized spacial score (nSPS) is 14.6. The summed E-state index contributed by atoms with van der Waals surface area (Å²) in [7, 11) is 0. The van der Waals surface area contributed by atoms with Crippen LogP contribution in [0.2, 0.25) is 0 Å². The molecular weight excluding hydrogens is 1330 g/mol. The van der Waals surface area contributed by atoms with Crippen LogP contribution in [0.25, 0.3) is 45.5 Å². The van der Waals surface area contributed by atoms with Crippen LogP contribution in [0, 0.1) is 58.2 Å². The van der Waals surface area contributed by atoms with Gasteiger partial charge in [0, 0.05) is 34.9 Å². The van der Waals surface area contributed by atoms with Gasteiger partial charge in [0.2, 0.25) is 0 Å². The van der Waals surface area contributed by atoms with Crippen LogP contribution >= 0.6 is 0 Å². The standard InChI is InChI=1S/C90H54F10N2O2/c1-3-53-13-39-67(40-14-53)103-69-43-25-59(26-44-69)89(57-21-29-61(91)30-22-57)75-11-7-5-9-71(75)73-47-37-65(49-77(73)89)101(87-81(95)51-79(93)83(97)85(87)99)63-33-17-55(18-34-63)56-19-35-64(36-20-56)102(88-82(96)52-80(94)84(98)86(88)100)66-38-48-74-72-10-6-8-12-76(72)90(78(74)50-66,58-23-31-62(92)32-24-58)60-27-45-70(46-28-60)104-68-41-15-54(4-2)16-42-68/h3-52H,1-2H2. The molecule has 2 aliphatic carbocycles. The van der Waals surface area contributed by atoms with Crippen LogP contribution in [0.15, 0.2) is 304 Å². The molecule has 0 heterocycles. The van der Waals surface area contributed by atoms with Crippen LogP contribution < -0.4 is 19.3 Å². The summed E-state index contributed by atoms with van der Waals surface area (Å²) in [6, 6.07) is 80.3. The van der Waals surface area contributed by atoms with Gasteiger partial charge in [0.05, 0.1) is 10.8 Å². The molecule has 0 aliphatic heterocycles. The van der Waals surface area contributed by atoms with Gasteiger partial charge in [0.15, 0.2) is 46.5 Å². The van der Waals surface area contributed by atoms with Crippen molar-refractivity contribution >= 4 is 46.3 Å². The van der Waals surface area contributed by atoms with E-state index >= 15 is 43.9 Å². The first-order chi connectivity index (χ1) is 50.5. The first kappa shape index (κ1) is 65.7. The van der Waals surface area contributed by atoms with Crippen molar-refractivity contribution in [2.75, 3.05) is 9.80 Å². The number of benzene rings is 14. The van der Waals surface area contributed by atoms with Crippen molar-refractivity contribution in [3.63, 3.8) is 0 Å². The molecule has 0 radical (unpaired) electrons. The van der Waals surface area contributed by atoms with Crippen LogP contribution in [-0.2, 0) is 10.8 Å². The van der Waals surface area contributed by atoms with Crippen molar-refractivity contribution < 1.29 is 53.4 Å². The fourth-order valence-corrected chi connectivity index (χ4v) is 14.9. The van der Waals surface area contributed by atoms with Gasteiger partial charge >= 0.3 is 0 Å². The molecule has 0 N–H and O–H groups in total. The number of nitrogens with zero attached hydrogens (tertiary/aromatic N) is 2. The number of hydrogen-bond acceptors (Lipinski definition) is 4. The maximum absolute atomic E-state index is 16.7. The van der Waals surface area contributed by atoms with Gasteiger partial charge in [-0.25, -0.2) is 43.9 Å². The minimum Gasteiger partial charge on any atom is -0.457 e. The van der Waals surface area contributed by atoms with Crippen LogP contribution in [0.3, 0.4) is 0 Å². The Morgan fingerprint density at radius 2 is 0.567 bits per heavy atom. The van der Waals surface area contributed by atoms with Gasteiger partial charge in [-0.1, -0.05) is 183 Å². The zero-order chi connectivity index (χ0) is 71.7. The minimum atomic E-state index is -1.92. The Hall–Kier alpha value is -12.9. The minimum absolute atomic E-state index is 0.0876. The van der Waals surface area contributed by atoms with Crippen LogP contribution in [-0.4, -0.2) is 0 Å². The summed E-state index contributed by atoms with van der Waals surface area (Å²) in [5.74, 6) is -12.7. The Kier molecular flexibility index (Phi) is 16.6. The second-order valence-electron chi connectivity index (χ2n) is 25.3. The Morgan fingerprint density at radius 3 is 0.904 bits per heavy atom. The van der Waals surface area contributed by atoms with Gasteiger partial charge in [-0.3, -0.25) is 0 Å². The number of rotatable bonds is 17. The average Bonchev–Trinajstić information content (AvgIpc) is 1.53. The maximum Gasteiger partial charge on any atom is 0.196 e. The molecule has 104 heavy (non-hydrogen) atoms. The molecule has 14 aromatic carbocycles. The molecule has 506 valence electrons. The van der Waals surface area contributed by atoms with E-state index in [9.17, 15) is 0 Å². The molecule has 0 amide bonds. The van der Waals surface area contributed by atoms with Crippen LogP contribution in [0.5, 0.6) is 23.0 Å². The summed E-state index contributed by atoms with van der Waals surface area (Å²) in [5.41, 5.74) is 7.31. The molecule has 14 aromatic rings. The highest BCUT2D eigenvalue weighted by atomic mass is 19.2. The van der Waals surface area contributed by atoms with E-state index in [2.05, 4.69) is 13.2 Å². The fraction of sp³-hybridized carbons (Fsp3) is 0.0222. The molecule has 0 saturated heterocycles. The summed E-state index contributed by atoms with van der Waals surface area (Å²) in [5, 5.41) is 0. The van der Waals surface area contributed by atoms with Crippen molar-refractivity contribution in [3.8, 4) is 56.4 Å². The van der Waals surface area contributed by atoms with Gasteiger partial charge < -0.3 is 19.3 Å². The van der Waals surface area contributed by atoms with Gasteiger partial charge in [-0.05, 0) is 210 Å². The second-order valence-corrected chi connectivity index (χ2v) is 25.3. The first-order valence-electron chi connectivity index (χ1n) is 33.0. The van der Waals surface area contributed by atoms with E-state index in [1.54, 1.807) is 121 Å². The number of halogens is 10. The van der Waals surface area contributed by atoms with E-state index in [4.69, 9.17) is 9.47 Å². The number of hydrogen-bond donors (Lipinski definition) is 0. The monoisotopic (exact) mass is 1380 g/mol. The predicted octanol–water partition coefficient (Wildman–Crippen LogP) is 25.3. The lowest BCUT2D eigenvalue weighted by Crippen LogP contribution is -2.29. The van der Waals surface area contributed by atoms with Gasteiger partial charge in [-0.15, -0.1) is 0 Å². The Morgan fingerprint density at radius 1 is 0.269 bits per heavy atom. The molecule has 2 atom stereocenters. The molecule has 0 fully saturated rings. The third-order valence-corrected chi connectivity index (χ3v) is 19.6. The zero-order valence-electron chi connectivity index (χ0n) is 54.8. The van der Waals surface area contributed by atoms with Crippen molar-refractivity contribution in [2.45, 2.75) is 10.8 Å². The molecule has 2 unspecified atom stereocenters. The van der Waals surface area contributed by atoms with Crippen molar-refractivity contribution in [1.82, 2.24) is 0 Å². The summed E-state index contributed by atoms with van der Waals surface area (Å²) < 4.78 is 171. The number of anilines is 6. The molecule has 16 rings (SSSR count). The van der Waals surface area contributed by atoms with Crippen molar-refractivity contribution in [1.29, 1.82) is 0 Å². The average molecular weight is 1390 g/mol. The Bertz CT molecular complexity index is 5340. The molecule has 0 spiro atoms. The lowest BCUT2D eigenvalue weighted by Gasteiger charge is -2.35. The maximum atomic E-state index is 16.7. The largest absolute Gasteiger partial charge is 0.457 e. The van der Waals surface area contributed by atoms with E-state index in [1.165, 1.54) is 48.5 Å². The molecule has 4 nitrogen and oxygen atoms in total. The Labute approximate surface area is 591 Å². The third kappa shape index (κ3) is 11.0. The highest BCUT2D eigenvalue weighted by Crippen LogP contribution is 2.60. The van der Waals surface area contributed by atoms with E-state index in [1.807, 2.05) is 121 Å². The van der Waals surface area contributed by atoms with Crippen molar-refractivity contribution in [3.05, 3.63) is 418 Å². The molecule has 0 bridgehead atoms. The Balaban J connectivity index is 0.800. The number of ether oxygens (including phenoxy) is 2. The van der Waals surface area contributed by atoms with E-state index < -0.39 is 80.4 Å². The highest BCUT2D eigenvalue weighted by molar-refractivity contribution is 5.92. The summed E-state index contributed by atoms with van der Waals surface area (Å²) in [6.45, 7) is 7.66. The van der Waals surface area contributed by atoms with E-state index in [0.29, 0.717) is 67.5 Å².